The third-order valence-corrected chi connectivity index (χ3v) is 3.08. The summed E-state index contributed by atoms with van der Waals surface area (Å²) in [5.41, 5.74) is 6.36. The summed E-state index contributed by atoms with van der Waals surface area (Å²) >= 11 is 0. The minimum atomic E-state index is -2.87. The van der Waals surface area contributed by atoms with Gasteiger partial charge in [0.25, 0.3) is 0 Å². The summed E-state index contributed by atoms with van der Waals surface area (Å²) < 4.78 is 28.2. The van der Waals surface area contributed by atoms with Gasteiger partial charge in [0.2, 0.25) is 11.8 Å². The van der Waals surface area contributed by atoms with Crippen LogP contribution >= 0.6 is 12.4 Å². The van der Waals surface area contributed by atoms with Crippen LogP contribution in [0.1, 0.15) is 19.4 Å². The van der Waals surface area contributed by atoms with Crippen molar-refractivity contribution < 1.29 is 23.1 Å². The highest BCUT2D eigenvalue weighted by Crippen LogP contribution is 2.14. The van der Waals surface area contributed by atoms with E-state index < -0.39 is 12.7 Å². The number of amides is 2. The summed E-state index contributed by atoms with van der Waals surface area (Å²) in [5, 5.41) is 5.05. The molecule has 4 N–H and O–H groups in total. The van der Waals surface area contributed by atoms with Crippen LogP contribution in [0.5, 0.6) is 5.75 Å². The van der Waals surface area contributed by atoms with Gasteiger partial charge in [-0.3, -0.25) is 9.59 Å². The Kier molecular flexibility index (Phi) is 9.91. The number of benzene rings is 1. The Hall–Kier alpha value is -1.93. The lowest BCUT2D eigenvalue weighted by Gasteiger charge is -2.15. The number of hydrogen-bond acceptors (Lipinski definition) is 4. The molecule has 1 aromatic carbocycles. The van der Waals surface area contributed by atoms with E-state index >= 15 is 0 Å². The van der Waals surface area contributed by atoms with Gasteiger partial charge in [-0.1, -0.05) is 26.0 Å². The van der Waals surface area contributed by atoms with Crippen LogP contribution in [0, 0.1) is 5.92 Å². The molecule has 0 heterocycles. The average molecular weight is 366 g/mol. The van der Waals surface area contributed by atoms with Crippen molar-refractivity contribution in [2.45, 2.75) is 33.0 Å². The lowest BCUT2D eigenvalue weighted by atomic mass is 10.1. The topological polar surface area (TPSA) is 93.5 Å². The highest BCUT2D eigenvalue weighted by Gasteiger charge is 2.17. The molecule has 0 spiro atoms. The molecule has 0 unspecified atom stereocenters. The third-order valence-electron chi connectivity index (χ3n) is 3.08. The van der Waals surface area contributed by atoms with E-state index in [-0.39, 0.29) is 49.0 Å². The van der Waals surface area contributed by atoms with Crippen molar-refractivity contribution in [2.24, 2.45) is 11.7 Å². The summed E-state index contributed by atoms with van der Waals surface area (Å²) in [5.74, 6) is -0.733. The fourth-order valence-corrected chi connectivity index (χ4v) is 1.64. The fourth-order valence-electron chi connectivity index (χ4n) is 1.64. The minimum Gasteiger partial charge on any atom is -0.435 e. The second-order valence-electron chi connectivity index (χ2n) is 5.29. The molecule has 0 aliphatic rings. The van der Waals surface area contributed by atoms with Gasteiger partial charge in [-0.15, -0.1) is 12.4 Å². The molecule has 0 bridgehead atoms. The Morgan fingerprint density at radius 2 is 1.75 bits per heavy atom. The molecule has 2 amide bonds. The molecule has 0 saturated heterocycles. The standard InChI is InChI=1S/C15H21F2N3O3.ClH/c1-9(2)13(18)14(22)20-8-12(21)19-7-10-3-5-11(6-4-10)23-15(16)17;/h3-6,9,13,15H,7-8,18H2,1-2H3,(H,19,21)(H,20,22);1H/t13-;/m0./s1. The average Bonchev–Trinajstić information content (AvgIpc) is 2.50. The Labute approximate surface area is 145 Å². The first-order valence-corrected chi connectivity index (χ1v) is 7.13. The second-order valence-corrected chi connectivity index (χ2v) is 5.29. The van der Waals surface area contributed by atoms with E-state index in [0.717, 1.165) is 0 Å². The predicted molar refractivity (Wildman–Crippen MR) is 88.0 cm³/mol. The lowest BCUT2D eigenvalue weighted by molar-refractivity contribution is -0.127. The molecular weight excluding hydrogens is 344 g/mol. The highest BCUT2D eigenvalue weighted by molar-refractivity contribution is 5.87. The highest BCUT2D eigenvalue weighted by atomic mass is 35.5. The summed E-state index contributed by atoms with van der Waals surface area (Å²) in [7, 11) is 0. The van der Waals surface area contributed by atoms with E-state index in [1.807, 2.05) is 13.8 Å². The normalized spacial score (nSPS) is 11.6. The number of ether oxygens (including phenoxy) is 1. The lowest BCUT2D eigenvalue weighted by Crippen LogP contribution is -2.47. The molecule has 0 aliphatic heterocycles. The molecule has 24 heavy (non-hydrogen) atoms. The molecule has 1 aromatic rings. The van der Waals surface area contributed by atoms with Crippen LogP contribution in [-0.4, -0.2) is 31.0 Å². The van der Waals surface area contributed by atoms with Gasteiger partial charge in [0.1, 0.15) is 5.75 Å². The quantitative estimate of drug-likeness (QED) is 0.649. The smallest absolute Gasteiger partial charge is 0.387 e. The number of carbonyl (C=O) groups excluding carboxylic acids is 2. The SMILES string of the molecule is CC(C)[C@H](N)C(=O)NCC(=O)NCc1ccc(OC(F)F)cc1.Cl. The maximum Gasteiger partial charge on any atom is 0.387 e. The molecule has 1 rings (SSSR count). The van der Waals surface area contributed by atoms with Crippen molar-refractivity contribution in [1.29, 1.82) is 0 Å². The number of nitrogens with one attached hydrogen (secondary N) is 2. The predicted octanol–water partition coefficient (Wildman–Crippen LogP) is 1.43. The number of rotatable bonds is 8. The van der Waals surface area contributed by atoms with Crippen LogP contribution in [-0.2, 0) is 16.1 Å². The zero-order chi connectivity index (χ0) is 17.4. The second kappa shape index (κ2) is 10.8. The molecule has 1 atom stereocenters. The largest absolute Gasteiger partial charge is 0.435 e. The molecule has 9 heteroatoms. The van der Waals surface area contributed by atoms with Gasteiger partial charge in [0.15, 0.2) is 0 Å². The Balaban J connectivity index is 0.00000529. The number of alkyl halides is 2. The first kappa shape index (κ1) is 22.1. The van der Waals surface area contributed by atoms with Gasteiger partial charge < -0.3 is 21.1 Å². The number of halogens is 3. The Morgan fingerprint density at radius 1 is 1.17 bits per heavy atom. The van der Waals surface area contributed by atoms with E-state index in [0.29, 0.717) is 5.56 Å². The van der Waals surface area contributed by atoms with Crippen molar-refractivity contribution in [1.82, 2.24) is 10.6 Å². The van der Waals surface area contributed by atoms with Gasteiger partial charge in [-0.25, -0.2) is 0 Å². The van der Waals surface area contributed by atoms with Gasteiger partial charge in [0.05, 0.1) is 12.6 Å². The molecule has 0 saturated carbocycles. The van der Waals surface area contributed by atoms with E-state index in [9.17, 15) is 18.4 Å². The molecule has 136 valence electrons. The van der Waals surface area contributed by atoms with Crippen molar-refractivity contribution in [3.05, 3.63) is 29.8 Å². The molecule has 0 fully saturated rings. The van der Waals surface area contributed by atoms with Crippen LogP contribution in [0.4, 0.5) is 8.78 Å². The number of carbonyl (C=O) groups is 2. The van der Waals surface area contributed by atoms with Crippen LogP contribution in [0.15, 0.2) is 24.3 Å². The van der Waals surface area contributed by atoms with E-state index in [1.165, 1.54) is 12.1 Å². The first-order valence-electron chi connectivity index (χ1n) is 7.13. The van der Waals surface area contributed by atoms with Crippen LogP contribution in [0.3, 0.4) is 0 Å². The summed E-state index contributed by atoms with van der Waals surface area (Å²) in [4.78, 5) is 23.2. The van der Waals surface area contributed by atoms with E-state index in [1.54, 1.807) is 12.1 Å². The number of hydrogen-bond donors (Lipinski definition) is 3. The monoisotopic (exact) mass is 365 g/mol. The van der Waals surface area contributed by atoms with E-state index in [2.05, 4.69) is 15.4 Å². The zero-order valence-electron chi connectivity index (χ0n) is 13.4. The first-order chi connectivity index (χ1) is 10.8. The van der Waals surface area contributed by atoms with Crippen LogP contribution in [0.25, 0.3) is 0 Å². The molecule has 0 aliphatic carbocycles. The maximum absolute atomic E-state index is 12.0. The number of nitrogens with two attached hydrogens (primary N) is 1. The Morgan fingerprint density at radius 3 is 2.25 bits per heavy atom. The van der Waals surface area contributed by atoms with Crippen LogP contribution < -0.4 is 21.1 Å². The molecule has 0 radical (unpaired) electrons. The van der Waals surface area contributed by atoms with Gasteiger partial charge >= 0.3 is 6.61 Å². The van der Waals surface area contributed by atoms with E-state index in [4.69, 9.17) is 5.73 Å². The van der Waals surface area contributed by atoms with Gasteiger partial charge in [0, 0.05) is 6.54 Å². The third kappa shape index (κ3) is 8.07. The van der Waals surface area contributed by atoms with Gasteiger partial charge in [-0.05, 0) is 23.6 Å². The zero-order valence-corrected chi connectivity index (χ0v) is 14.2. The molecule has 6 nitrogen and oxygen atoms in total. The fraction of sp³-hybridized carbons (Fsp3) is 0.467. The van der Waals surface area contributed by atoms with Crippen LogP contribution in [0.2, 0.25) is 0 Å². The van der Waals surface area contributed by atoms with Crippen molar-refractivity contribution in [2.75, 3.05) is 6.54 Å². The maximum atomic E-state index is 12.0. The molecule has 0 aromatic heterocycles. The summed E-state index contributed by atoms with van der Waals surface area (Å²) in [6, 6.07) is 5.23. The minimum absolute atomic E-state index is 0. The Bertz CT molecular complexity index is 527. The summed E-state index contributed by atoms with van der Waals surface area (Å²) in [6.45, 7) is 0.782. The van der Waals surface area contributed by atoms with Crippen molar-refractivity contribution >= 4 is 24.2 Å². The molecular formula is C15H22ClF2N3O3. The summed E-state index contributed by atoms with van der Waals surface area (Å²) in [6.07, 6.45) is 0. The van der Waals surface area contributed by atoms with Gasteiger partial charge in [-0.2, -0.15) is 8.78 Å². The van der Waals surface area contributed by atoms with Crippen molar-refractivity contribution in [3.63, 3.8) is 0 Å². The van der Waals surface area contributed by atoms with Crippen molar-refractivity contribution in [3.8, 4) is 5.75 Å².